The van der Waals surface area contributed by atoms with Gasteiger partial charge in [0.15, 0.2) is 0 Å². The van der Waals surface area contributed by atoms with Gasteiger partial charge in [-0.3, -0.25) is 9.10 Å². The standard InChI is InChI=1S/C20H23ClN2O3S/c1-3-6-14(2)22-20(24)16-9-10-17(21)19(13-16)27(25,26)23-12-11-15-7-4-5-8-18(15)23/h4-5,7-10,13-14H,3,6,11-12H2,1-2H3,(H,22,24). The van der Waals surface area contributed by atoms with Crippen molar-refractivity contribution in [1.82, 2.24) is 5.32 Å². The van der Waals surface area contributed by atoms with Gasteiger partial charge in [0.1, 0.15) is 4.90 Å². The Labute approximate surface area is 165 Å². The minimum absolute atomic E-state index is 0.0173. The smallest absolute Gasteiger partial charge is 0.265 e. The van der Waals surface area contributed by atoms with E-state index >= 15 is 0 Å². The number of para-hydroxylation sites is 1. The van der Waals surface area contributed by atoms with Crippen molar-refractivity contribution in [3.05, 3.63) is 58.6 Å². The molecule has 144 valence electrons. The number of rotatable bonds is 6. The number of hydrogen-bond acceptors (Lipinski definition) is 3. The average Bonchev–Trinajstić information content (AvgIpc) is 3.07. The molecule has 0 saturated heterocycles. The van der Waals surface area contributed by atoms with E-state index in [-0.39, 0.29) is 27.4 Å². The zero-order valence-electron chi connectivity index (χ0n) is 15.4. The van der Waals surface area contributed by atoms with Gasteiger partial charge in [0.2, 0.25) is 0 Å². The lowest BCUT2D eigenvalue weighted by Gasteiger charge is -2.21. The average molecular weight is 407 g/mol. The summed E-state index contributed by atoms with van der Waals surface area (Å²) in [6, 6.07) is 11.8. The molecule has 0 spiro atoms. The molecule has 0 aliphatic carbocycles. The van der Waals surface area contributed by atoms with E-state index in [0.717, 1.165) is 18.4 Å². The number of carbonyl (C=O) groups is 1. The topological polar surface area (TPSA) is 66.5 Å². The van der Waals surface area contributed by atoms with Crippen molar-refractivity contribution in [3.63, 3.8) is 0 Å². The molecule has 5 nitrogen and oxygen atoms in total. The van der Waals surface area contributed by atoms with Crippen LogP contribution >= 0.6 is 11.6 Å². The molecule has 2 aromatic carbocycles. The SMILES string of the molecule is CCCC(C)NC(=O)c1ccc(Cl)c(S(=O)(=O)N2CCc3ccccc32)c1. The Morgan fingerprint density at radius 1 is 1.26 bits per heavy atom. The Morgan fingerprint density at radius 3 is 2.74 bits per heavy atom. The number of amides is 1. The van der Waals surface area contributed by atoms with Crippen LogP contribution in [0.2, 0.25) is 5.02 Å². The highest BCUT2D eigenvalue weighted by Gasteiger charge is 2.32. The van der Waals surface area contributed by atoms with Crippen LogP contribution in [0.25, 0.3) is 0 Å². The highest BCUT2D eigenvalue weighted by molar-refractivity contribution is 7.93. The monoisotopic (exact) mass is 406 g/mol. The number of halogens is 1. The van der Waals surface area contributed by atoms with Gasteiger partial charge in [0.25, 0.3) is 15.9 Å². The van der Waals surface area contributed by atoms with Crippen LogP contribution in [0.1, 0.15) is 42.6 Å². The second kappa shape index (κ2) is 7.90. The minimum Gasteiger partial charge on any atom is -0.350 e. The lowest BCUT2D eigenvalue weighted by molar-refractivity contribution is 0.0938. The number of benzene rings is 2. The number of anilines is 1. The van der Waals surface area contributed by atoms with E-state index in [1.165, 1.54) is 16.4 Å². The van der Waals surface area contributed by atoms with Gasteiger partial charge < -0.3 is 5.32 Å². The minimum atomic E-state index is -3.86. The van der Waals surface area contributed by atoms with Crippen LogP contribution < -0.4 is 9.62 Å². The van der Waals surface area contributed by atoms with Crippen molar-refractivity contribution >= 4 is 33.2 Å². The lowest BCUT2D eigenvalue weighted by atomic mass is 10.1. The summed E-state index contributed by atoms with van der Waals surface area (Å²) in [5.74, 6) is -0.300. The quantitative estimate of drug-likeness (QED) is 0.788. The molecule has 0 saturated carbocycles. The molecular weight excluding hydrogens is 384 g/mol. The summed E-state index contributed by atoms with van der Waals surface area (Å²) < 4.78 is 27.8. The van der Waals surface area contributed by atoms with Crippen LogP contribution in [0.5, 0.6) is 0 Å². The van der Waals surface area contributed by atoms with Gasteiger partial charge in [-0.15, -0.1) is 0 Å². The lowest BCUT2D eigenvalue weighted by Crippen LogP contribution is -2.33. The number of sulfonamides is 1. The maximum atomic E-state index is 13.2. The first-order valence-corrected chi connectivity index (χ1v) is 10.9. The molecule has 1 N–H and O–H groups in total. The van der Waals surface area contributed by atoms with Gasteiger partial charge in [-0.2, -0.15) is 0 Å². The number of hydrogen-bond donors (Lipinski definition) is 1. The largest absolute Gasteiger partial charge is 0.350 e. The van der Waals surface area contributed by atoms with Crippen molar-refractivity contribution in [3.8, 4) is 0 Å². The van der Waals surface area contributed by atoms with Crippen molar-refractivity contribution in [1.29, 1.82) is 0 Å². The zero-order chi connectivity index (χ0) is 19.6. The fourth-order valence-electron chi connectivity index (χ4n) is 3.33. The van der Waals surface area contributed by atoms with E-state index in [0.29, 0.717) is 18.7 Å². The van der Waals surface area contributed by atoms with Gasteiger partial charge in [0.05, 0.1) is 10.7 Å². The van der Waals surface area contributed by atoms with Gasteiger partial charge >= 0.3 is 0 Å². The number of carbonyl (C=O) groups excluding carboxylic acids is 1. The molecule has 0 fully saturated rings. The number of fused-ring (bicyclic) bond motifs is 1. The number of nitrogens with zero attached hydrogens (tertiary/aromatic N) is 1. The van der Waals surface area contributed by atoms with Crippen LogP contribution in [-0.2, 0) is 16.4 Å². The van der Waals surface area contributed by atoms with E-state index in [1.807, 2.05) is 32.0 Å². The summed E-state index contributed by atoms with van der Waals surface area (Å²) in [7, 11) is -3.86. The van der Waals surface area contributed by atoms with E-state index in [9.17, 15) is 13.2 Å². The highest BCUT2D eigenvalue weighted by atomic mass is 35.5. The summed E-state index contributed by atoms with van der Waals surface area (Å²) in [5.41, 5.74) is 1.94. The second-order valence-electron chi connectivity index (χ2n) is 6.76. The first kappa shape index (κ1) is 19.7. The number of nitrogens with one attached hydrogen (secondary N) is 1. The molecule has 2 aromatic rings. The van der Waals surface area contributed by atoms with Crippen LogP contribution in [0.3, 0.4) is 0 Å². The van der Waals surface area contributed by atoms with Crippen LogP contribution in [0.15, 0.2) is 47.4 Å². The van der Waals surface area contributed by atoms with Gasteiger partial charge in [0, 0.05) is 18.2 Å². The molecule has 1 heterocycles. The molecule has 7 heteroatoms. The third-order valence-electron chi connectivity index (χ3n) is 4.71. The Kier molecular flexibility index (Phi) is 5.77. The van der Waals surface area contributed by atoms with Gasteiger partial charge in [-0.25, -0.2) is 8.42 Å². The third kappa shape index (κ3) is 3.96. The maximum Gasteiger partial charge on any atom is 0.265 e. The normalized spacial score (nSPS) is 14.7. The Bertz CT molecular complexity index is 959. The molecule has 1 atom stereocenters. The van der Waals surface area contributed by atoms with E-state index in [2.05, 4.69) is 5.32 Å². The van der Waals surface area contributed by atoms with Crippen molar-refractivity contribution in [2.45, 2.75) is 44.0 Å². The Morgan fingerprint density at radius 2 is 2.00 bits per heavy atom. The molecular formula is C20H23ClN2O3S. The first-order chi connectivity index (χ1) is 12.8. The second-order valence-corrected chi connectivity index (χ2v) is 9.00. The molecule has 1 amide bonds. The predicted octanol–water partition coefficient (Wildman–Crippen LogP) is 4.01. The van der Waals surface area contributed by atoms with Crippen LogP contribution in [0.4, 0.5) is 5.69 Å². The molecule has 0 aromatic heterocycles. The van der Waals surface area contributed by atoms with Crippen LogP contribution in [-0.4, -0.2) is 26.9 Å². The first-order valence-electron chi connectivity index (χ1n) is 9.05. The van der Waals surface area contributed by atoms with Crippen LogP contribution in [0, 0.1) is 0 Å². The van der Waals surface area contributed by atoms with Crippen molar-refractivity contribution < 1.29 is 13.2 Å². The highest BCUT2D eigenvalue weighted by Crippen LogP contribution is 2.35. The molecule has 1 unspecified atom stereocenters. The summed E-state index contributed by atoms with van der Waals surface area (Å²) in [5, 5.41) is 3.00. The Balaban J connectivity index is 1.94. The van der Waals surface area contributed by atoms with Crippen molar-refractivity contribution in [2.24, 2.45) is 0 Å². The molecule has 3 rings (SSSR count). The summed E-state index contributed by atoms with van der Waals surface area (Å²) >= 11 is 6.21. The molecule has 0 bridgehead atoms. The van der Waals surface area contributed by atoms with E-state index < -0.39 is 10.0 Å². The summed E-state index contributed by atoms with van der Waals surface area (Å²) in [4.78, 5) is 12.4. The van der Waals surface area contributed by atoms with E-state index in [1.54, 1.807) is 12.1 Å². The molecule has 1 aliphatic rings. The predicted molar refractivity (Wildman–Crippen MR) is 108 cm³/mol. The Hall–Kier alpha value is -2.05. The van der Waals surface area contributed by atoms with Crippen molar-refractivity contribution in [2.75, 3.05) is 10.8 Å². The fraction of sp³-hybridized carbons (Fsp3) is 0.350. The molecule has 0 radical (unpaired) electrons. The third-order valence-corrected chi connectivity index (χ3v) is 7.00. The van der Waals surface area contributed by atoms with E-state index in [4.69, 9.17) is 11.6 Å². The maximum absolute atomic E-state index is 13.2. The zero-order valence-corrected chi connectivity index (χ0v) is 17.0. The van der Waals surface area contributed by atoms with Gasteiger partial charge in [-0.1, -0.05) is 43.1 Å². The summed E-state index contributed by atoms with van der Waals surface area (Å²) in [6.45, 7) is 4.33. The molecule has 1 aliphatic heterocycles. The molecule has 27 heavy (non-hydrogen) atoms. The summed E-state index contributed by atoms with van der Waals surface area (Å²) in [6.07, 6.45) is 2.47. The fourth-order valence-corrected chi connectivity index (χ4v) is 5.34. The van der Waals surface area contributed by atoms with Gasteiger partial charge in [-0.05, 0) is 49.6 Å².